The number of nitrogens with one attached hydrogen (secondary N) is 1. The molecule has 0 saturated heterocycles. The van der Waals surface area contributed by atoms with Gasteiger partial charge in [-0.3, -0.25) is 4.79 Å². The van der Waals surface area contributed by atoms with Crippen molar-refractivity contribution in [2.75, 3.05) is 6.54 Å². The molecule has 1 rings (SSSR count). The molecule has 0 saturated carbocycles. The van der Waals surface area contributed by atoms with E-state index in [0.29, 0.717) is 12.5 Å². The minimum atomic E-state index is -0.557. The summed E-state index contributed by atoms with van der Waals surface area (Å²) in [5, 5.41) is 2.96. The number of hydrogen-bond donors (Lipinski definition) is 2. The van der Waals surface area contributed by atoms with Gasteiger partial charge < -0.3 is 11.1 Å². The van der Waals surface area contributed by atoms with Crippen LogP contribution in [0.3, 0.4) is 0 Å². The molecule has 110 valence electrons. The summed E-state index contributed by atoms with van der Waals surface area (Å²) in [5.41, 5.74) is 6.72. The Kier molecular flexibility index (Phi) is 5.69. The first-order valence-corrected chi connectivity index (χ1v) is 7.26. The molecule has 0 fully saturated rings. The highest BCUT2D eigenvalue weighted by atomic mass is 32.1. The molecule has 1 aromatic carbocycles. The third-order valence-electron chi connectivity index (χ3n) is 3.74. The van der Waals surface area contributed by atoms with Gasteiger partial charge in [0, 0.05) is 6.54 Å². The number of benzene rings is 1. The van der Waals surface area contributed by atoms with Crippen LogP contribution in [0.1, 0.15) is 39.2 Å². The predicted octanol–water partition coefficient (Wildman–Crippen LogP) is 2.85. The standard InChI is InChI=1S/C16H24N2OS/c1-11(16(2,3)4)10-18-15(19)13(14(17)20)12-8-6-5-7-9-12/h5-9,11,13H,10H2,1-4H3,(H2,17,20)(H,18,19). The maximum absolute atomic E-state index is 12.3. The molecule has 2 atom stereocenters. The van der Waals surface area contributed by atoms with E-state index in [1.165, 1.54) is 0 Å². The number of amides is 1. The Labute approximate surface area is 126 Å². The lowest BCUT2D eigenvalue weighted by atomic mass is 9.82. The number of rotatable bonds is 5. The molecular weight excluding hydrogens is 268 g/mol. The molecule has 2 unspecified atom stereocenters. The van der Waals surface area contributed by atoms with Crippen molar-refractivity contribution in [1.29, 1.82) is 0 Å². The molecule has 0 aliphatic carbocycles. The minimum Gasteiger partial charge on any atom is -0.392 e. The number of carbonyl (C=O) groups excluding carboxylic acids is 1. The molecule has 1 amide bonds. The molecule has 0 aliphatic heterocycles. The summed E-state index contributed by atoms with van der Waals surface area (Å²) in [6.45, 7) is 9.22. The van der Waals surface area contributed by atoms with Crippen LogP contribution in [0.4, 0.5) is 0 Å². The molecule has 1 aromatic rings. The Morgan fingerprint density at radius 3 is 2.30 bits per heavy atom. The Bertz CT molecular complexity index is 465. The van der Waals surface area contributed by atoms with Crippen molar-refractivity contribution < 1.29 is 4.79 Å². The van der Waals surface area contributed by atoms with Crippen LogP contribution in [0.25, 0.3) is 0 Å². The third kappa shape index (κ3) is 4.60. The fraction of sp³-hybridized carbons (Fsp3) is 0.500. The summed E-state index contributed by atoms with van der Waals surface area (Å²) in [5.74, 6) is -0.313. The highest BCUT2D eigenvalue weighted by Crippen LogP contribution is 2.24. The van der Waals surface area contributed by atoms with Crippen LogP contribution in [-0.2, 0) is 4.79 Å². The minimum absolute atomic E-state index is 0.125. The second kappa shape index (κ2) is 6.84. The Morgan fingerprint density at radius 1 is 1.30 bits per heavy atom. The first-order chi connectivity index (χ1) is 9.23. The van der Waals surface area contributed by atoms with Crippen molar-refractivity contribution in [2.24, 2.45) is 17.1 Å². The van der Waals surface area contributed by atoms with Crippen LogP contribution in [0, 0.1) is 11.3 Å². The number of nitrogens with two attached hydrogens (primary N) is 1. The maximum atomic E-state index is 12.3. The molecule has 20 heavy (non-hydrogen) atoms. The summed E-state index contributed by atoms with van der Waals surface area (Å²) in [7, 11) is 0. The molecule has 3 N–H and O–H groups in total. The van der Waals surface area contributed by atoms with Crippen LogP contribution in [0.5, 0.6) is 0 Å². The van der Waals surface area contributed by atoms with Gasteiger partial charge >= 0.3 is 0 Å². The first-order valence-electron chi connectivity index (χ1n) is 6.85. The van der Waals surface area contributed by atoms with Gasteiger partial charge in [0.25, 0.3) is 0 Å². The lowest BCUT2D eigenvalue weighted by Gasteiger charge is -2.28. The van der Waals surface area contributed by atoms with Crippen LogP contribution in [0.15, 0.2) is 30.3 Å². The zero-order valence-electron chi connectivity index (χ0n) is 12.6. The summed E-state index contributed by atoms with van der Waals surface area (Å²) in [4.78, 5) is 12.5. The fourth-order valence-electron chi connectivity index (χ4n) is 1.75. The van der Waals surface area contributed by atoms with Gasteiger partial charge in [0.2, 0.25) is 5.91 Å². The molecular formula is C16H24N2OS. The molecule has 0 spiro atoms. The van der Waals surface area contributed by atoms with E-state index < -0.39 is 5.92 Å². The Morgan fingerprint density at radius 2 is 1.85 bits per heavy atom. The van der Waals surface area contributed by atoms with Gasteiger partial charge in [-0.15, -0.1) is 0 Å². The van der Waals surface area contributed by atoms with E-state index in [1.54, 1.807) is 0 Å². The SMILES string of the molecule is CC(CNC(=O)C(C(N)=S)c1ccccc1)C(C)(C)C. The van der Waals surface area contributed by atoms with Crippen molar-refractivity contribution >= 4 is 23.1 Å². The zero-order valence-corrected chi connectivity index (χ0v) is 13.5. The summed E-state index contributed by atoms with van der Waals surface area (Å²) in [6, 6.07) is 9.41. The summed E-state index contributed by atoms with van der Waals surface area (Å²) < 4.78 is 0. The van der Waals surface area contributed by atoms with Crippen LogP contribution >= 0.6 is 12.2 Å². The van der Waals surface area contributed by atoms with E-state index in [2.05, 4.69) is 33.0 Å². The van der Waals surface area contributed by atoms with Gasteiger partial charge in [0.05, 0.1) is 4.99 Å². The largest absolute Gasteiger partial charge is 0.392 e. The van der Waals surface area contributed by atoms with E-state index in [-0.39, 0.29) is 16.3 Å². The van der Waals surface area contributed by atoms with Gasteiger partial charge in [0.15, 0.2) is 0 Å². The van der Waals surface area contributed by atoms with E-state index in [9.17, 15) is 4.79 Å². The van der Waals surface area contributed by atoms with E-state index in [4.69, 9.17) is 18.0 Å². The van der Waals surface area contributed by atoms with Crippen molar-refractivity contribution in [2.45, 2.75) is 33.6 Å². The van der Waals surface area contributed by atoms with Gasteiger partial charge in [-0.05, 0) is 16.9 Å². The monoisotopic (exact) mass is 292 g/mol. The van der Waals surface area contributed by atoms with Crippen molar-refractivity contribution in [3.8, 4) is 0 Å². The lowest BCUT2D eigenvalue weighted by Crippen LogP contribution is -2.40. The van der Waals surface area contributed by atoms with E-state index in [1.807, 2.05) is 30.3 Å². The number of thiocarbonyl (C=S) groups is 1. The smallest absolute Gasteiger partial charge is 0.234 e. The maximum Gasteiger partial charge on any atom is 0.234 e. The van der Waals surface area contributed by atoms with Crippen molar-refractivity contribution in [1.82, 2.24) is 5.32 Å². The Balaban J connectivity index is 2.75. The van der Waals surface area contributed by atoms with Crippen molar-refractivity contribution in [3.05, 3.63) is 35.9 Å². The molecule has 0 bridgehead atoms. The summed E-state index contributed by atoms with van der Waals surface area (Å²) in [6.07, 6.45) is 0. The van der Waals surface area contributed by atoms with Crippen LogP contribution in [0.2, 0.25) is 0 Å². The fourth-order valence-corrected chi connectivity index (χ4v) is 2.00. The molecule has 0 radical (unpaired) electrons. The molecule has 3 nitrogen and oxygen atoms in total. The summed E-state index contributed by atoms with van der Waals surface area (Å²) >= 11 is 5.05. The highest BCUT2D eigenvalue weighted by Gasteiger charge is 2.25. The van der Waals surface area contributed by atoms with E-state index >= 15 is 0 Å². The highest BCUT2D eigenvalue weighted by molar-refractivity contribution is 7.80. The molecule has 0 aliphatic rings. The van der Waals surface area contributed by atoms with Gasteiger partial charge in [-0.25, -0.2) is 0 Å². The third-order valence-corrected chi connectivity index (χ3v) is 3.98. The Hall–Kier alpha value is -1.42. The quantitative estimate of drug-likeness (QED) is 0.821. The topological polar surface area (TPSA) is 55.1 Å². The average Bonchev–Trinajstić information content (AvgIpc) is 2.35. The second-order valence-corrected chi connectivity index (χ2v) is 6.73. The van der Waals surface area contributed by atoms with E-state index in [0.717, 1.165) is 5.56 Å². The lowest BCUT2D eigenvalue weighted by molar-refractivity contribution is -0.121. The van der Waals surface area contributed by atoms with Gasteiger partial charge in [-0.1, -0.05) is 70.2 Å². The first kappa shape index (κ1) is 16.6. The molecule has 4 heteroatoms. The predicted molar refractivity (Wildman–Crippen MR) is 87.6 cm³/mol. The van der Waals surface area contributed by atoms with Crippen LogP contribution < -0.4 is 11.1 Å². The van der Waals surface area contributed by atoms with Crippen LogP contribution in [-0.4, -0.2) is 17.4 Å². The van der Waals surface area contributed by atoms with Gasteiger partial charge in [0.1, 0.15) is 5.92 Å². The second-order valence-electron chi connectivity index (χ2n) is 6.26. The number of hydrogen-bond acceptors (Lipinski definition) is 2. The van der Waals surface area contributed by atoms with Crippen molar-refractivity contribution in [3.63, 3.8) is 0 Å². The van der Waals surface area contributed by atoms with Gasteiger partial charge in [-0.2, -0.15) is 0 Å². The normalized spacial score (nSPS) is 14.4. The zero-order chi connectivity index (χ0) is 15.3. The molecule has 0 aromatic heterocycles. The average molecular weight is 292 g/mol. The number of carbonyl (C=O) groups is 1. The molecule has 0 heterocycles.